The SMILES string of the molecule is Cn1cc(CN2CCNCC2)c2cccc(F)c21. The average Bonchev–Trinajstić information content (AvgIpc) is 2.69. The van der Waals surface area contributed by atoms with Crippen LogP contribution in [-0.2, 0) is 13.6 Å². The number of benzene rings is 1. The van der Waals surface area contributed by atoms with Crippen molar-refractivity contribution in [2.24, 2.45) is 7.05 Å². The maximum atomic E-state index is 13.8. The molecule has 3 rings (SSSR count). The number of nitrogens with one attached hydrogen (secondary N) is 1. The number of piperazine rings is 1. The lowest BCUT2D eigenvalue weighted by Gasteiger charge is -2.26. The summed E-state index contributed by atoms with van der Waals surface area (Å²) >= 11 is 0. The Balaban J connectivity index is 1.94. The number of nitrogens with zero attached hydrogens (tertiary/aromatic N) is 2. The summed E-state index contributed by atoms with van der Waals surface area (Å²) in [6.07, 6.45) is 2.05. The van der Waals surface area contributed by atoms with Gasteiger partial charge < -0.3 is 9.88 Å². The van der Waals surface area contributed by atoms with E-state index in [-0.39, 0.29) is 5.82 Å². The minimum absolute atomic E-state index is 0.137. The maximum Gasteiger partial charge on any atom is 0.147 e. The molecule has 1 aromatic carbocycles. The van der Waals surface area contributed by atoms with Crippen LogP contribution in [0.3, 0.4) is 0 Å². The van der Waals surface area contributed by atoms with Gasteiger partial charge in [0, 0.05) is 51.4 Å². The third-order valence-corrected chi connectivity index (χ3v) is 3.64. The van der Waals surface area contributed by atoms with Gasteiger partial charge >= 0.3 is 0 Å². The molecule has 0 radical (unpaired) electrons. The van der Waals surface area contributed by atoms with Crippen LogP contribution in [0.4, 0.5) is 4.39 Å². The van der Waals surface area contributed by atoms with Crippen LogP contribution in [-0.4, -0.2) is 35.6 Å². The minimum atomic E-state index is -0.137. The molecule has 0 unspecified atom stereocenters. The molecule has 3 nitrogen and oxygen atoms in total. The molecule has 96 valence electrons. The standard InChI is InChI=1S/C14H18FN3/c1-17-9-11(10-18-7-5-16-6-8-18)12-3-2-4-13(15)14(12)17/h2-4,9,16H,5-8,10H2,1H3. The van der Waals surface area contributed by atoms with Gasteiger partial charge in [-0.3, -0.25) is 4.90 Å². The molecule has 4 heteroatoms. The summed E-state index contributed by atoms with van der Waals surface area (Å²) in [5, 5.41) is 4.38. The van der Waals surface area contributed by atoms with Gasteiger partial charge in [-0.2, -0.15) is 0 Å². The normalized spacial score (nSPS) is 17.4. The number of aromatic nitrogens is 1. The molecule has 1 aliphatic rings. The van der Waals surface area contributed by atoms with E-state index in [9.17, 15) is 4.39 Å². The summed E-state index contributed by atoms with van der Waals surface area (Å²) in [6.45, 7) is 5.11. The monoisotopic (exact) mass is 247 g/mol. The highest BCUT2D eigenvalue weighted by Crippen LogP contribution is 2.24. The quantitative estimate of drug-likeness (QED) is 0.872. The van der Waals surface area contributed by atoms with E-state index in [2.05, 4.69) is 16.4 Å². The Hall–Kier alpha value is -1.39. The van der Waals surface area contributed by atoms with Crippen molar-refractivity contribution in [2.75, 3.05) is 26.2 Å². The maximum absolute atomic E-state index is 13.8. The Labute approximate surface area is 106 Å². The molecule has 2 heterocycles. The average molecular weight is 247 g/mol. The van der Waals surface area contributed by atoms with Crippen LogP contribution in [0.1, 0.15) is 5.56 Å². The van der Waals surface area contributed by atoms with Crippen molar-refractivity contribution in [3.8, 4) is 0 Å². The smallest absolute Gasteiger partial charge is 0.147 e. The van der Waals surface area contributed by atoms with Gasteiger partial charge in [0.1, 0.15) is 5.82 Å². The first-order valence-corrected chi connectivity index (χ1v) is 6.41. The van der Waals surface area contributed by atoms with Gasteiger partial charge in [0.05, 0.1) is 5.52 Å². The lowest BCUT2D eigenvalue weighted by atomic mass is 10.1. The zero-order chi connectivity index (χ0) is 12.5. The van der Waals surface area contributed by atoms with Crippen LogP contribution >= 0.6 is 0 Å². The van der Waals surface area contributed by atoms with Gasteiger partial charge in [0.25, 0.3) is 0 Å². The number of halogens is 1. The fourth-order valence-electron chi connectivity index (χ4n) is 2.74. The molecule has 0 saturated carbocycles. The minimum Gasteiger partial charge on any atom is -0.348 e. The van der Waals surface area contributed by atoms with Crippen LogP contribution in [0, 0.1) is 5.82 Å². The Morgan fingerprint density at radius 3 is 2.83 bits per heavy atom. The van der Waals surface area contributed by atoms with Crippen molar-refractivity contribution in [2.45, 2.75) is 6.54 Å². The number of hydrogen-bond donors (Lipinski definition) is 1. The number of hydrogen-bond acceptors (Lipinski definition) is 2. The Kier molecular flexibility index (Phi) is 3.06. The second kappa shape index (κ2) is 4.71. The molecule has 18 heavy (non-hydrogen) atoms. The first kappa shape index (κ1) is 11.7. The van der Waals surface area contributed by atoms with E-state index in [0.29, 0.717) is 5.52 Å². The molecule has 0 atom stereocenters. The van der Waals surface area contributed by atoms with Crippen LogP contribution in [0.25, 0.3) is 10.9 Å². The zero-order valence-electron chi connectivity index (χ0n) is 10.6. The van der Waals surface area contributed by atoms with Gasteiger partial charge in [0.15, 0.2) is 0 Å². The summed E-state index contributed by atoms with van der Waals surface area (Å²) in [6, 6.07) is 5.33. The van der Waals surface area contributed by atoms with Crippen molar-refractivity contribution >= 4 is 10.9 Å². The van der Waals surface area contributed by atoms with Gasteiger partial charge in [0.2, 0.25) is 0 Å². The van der Waals surface area contributed by atoms with Crippen molar-refractivity contribution in [3.05, 3.63) is 35.8 Å². The number of fused-ring (bicyclic) bond motifs is 1. The van der Waals surface area contributed by atoms with Gasteiger partial charge in [-0.25, -0.2) is 4.39 Å². The van der Waals surface area contributed by atoms with E-state index in [0.717, 1.165) is 38.1 Å². The molecule has 0 amide bonds. The Morgan fingerprint density at radius 2 is 2.06 bits per heavy atom. The highest BCUT2D eigenvalue weighted by Gasteiger charge is 2.15. The lowest BCUT2D eigenvalue weighted by molar-refractivity contribution is 0.234. The number of aryl methyl sites for hydroxylation is 1. The molecule has 1 aliphatic heterocycles. The van der Waals surface area contributed by atoms with E-state index in [4.69, 9.17) is 0 Å². The van der Waals surface area contributed by atoms with E-state index >= 15 is 0 Å². The third kappa shape index (κ3) is 2.02. The third-order valence-electron chi connectivity index (χ3n) is 3.64. The van der Waals surface area contributed by atoms with Crippen molar-refractivity contribution in [1.82, 2.24) is 14.8 Å². The topological polar surface area (TPSA) is 20.2 Å². The second-order valence-corrected chi connectivity index (χ2v) is 4.93. The van der Waals surface area contributed by atoms with Crippen molar-refractivity contribution < 1.29 is 4.39 Å². The van der Waals surface area contributed by atoms with Crippen LogP contribution in [0.2, 0.25) is 0 Å². The van der Waals surface area contributed by atoms with Gasteiger partial charge in [-0.1, -0.05) is 12.1 Å². The predicted molar refractivity (Wildman–Crippen MR) is 71.0 cm³/mol. The van der Waals surface area contributed by atoms with Crippen LogP contribution in [0.15, 0.2) is 24.4 Å². The van der Waals surface area contributed by atoms with Crippen molar-refractivity contribution in [1.29, 1.82) is 0 Å². The Bertz CT molecular complexity index is 555. The molecule has 1 N–H and O–H groups in total. The highest BCUT2D eigenvalue weighted by atomic mass is 19.1. The van der Waals surface area contributed by atoms with Crippen molar-refractivity contribution in [3.63, 3.8) is 0 Å². The molecule has 0 aliphatic carbocycles. The fourth-order valence-corrected chi connectivity index (χ4v) is 2.74. The molecule has 1 aromatic heterocycles. The molecule has 1 saturated heterocycles. The summed E-state index contributed by atoms with van der Waals surface area (Å²) < 4.78 is 15.7. The van der Waals surface area contributed by atoms with E-state index in [1.165, 1.54) is 11.6 Å². The van der Waals surface area contributed by atoms with Crippen LogP contribution in [0.5, 0.6) is 0 Å². The molecule has 0 bridgehead atoms. The van der Waals surface area contributed by atoms with E-state index in [1.807, 2.05) is 17.7 Å². The predicted octanol–water partition coefficient (Wildman–Crippen LogP) is 1.72. The first-order valence-electron chi connectivity index (χ1n) is 6.41. The highest BCUT2D eigenvalue weighted by molar-refractivity contribution is 5.84. The Morgan fingerprint density at radius 1 is 1.28 bits per heavy atom. The number of para-hydroxylation sites is 1. The summed E-state index contributed by atoms with van der Waals surface area (Å²) in [5.41, 5.74) is 1.93. The zero-order valence-corrected chi connectivity index (χ0v) is 10.6. The number of rotatable bonds is 2. The van der Waals surface area contributed by atoms with Gasteiger partial charge in [-0.05, 0) is 11.6 Å². The lowest BCUT2D eigenvalue weighted by Crippen LogP contribution is -2.42. The molecule has 2 aromatic rings. The summed E-state index contributed by atoms with van der Waals surface area (Å²) in [4.78, 5) is 2.41. The first-order chi connectivity index (χ1) is 8.75. The molecular weight excluding hydrogens is 229 g/mol. The van der Waals surface area contributed by atoms with E-state index < -0.39 is 0 Å². The molecule has 0 spiro atoms. The summed E-state index contributed by atoms with van der Waals surface area (Å²) in [7, 11) is 1.91. The molecular formula is C14H18FN3. The van der Waals surface area contributed by atoms with Crippen LogP contribution < -0.4 is 5.32 Å². The van der Waals surface area contributed by atoms with E-state index in [1.54, 1.807) is 6.07 Å². The summed E-state index contributed by atoms with van der Waals surface area (Å²) in [5.74, 6) is -0.137. The largest absolute Gasteiger partial charge is 0.348 e. The fraction of sp³-hybridized carbons (Fsp3) is 0.429. The van der Waals surface area contributed by atoms with Gasteiger partial charge in [-0.15, -0.1) is 0 Å². The molecule has 1 fully saturated rings. The second-order valence-electron chi connectivity index (χ2n) is 4.93.